The summed E-state index contributed by atoms with van der Waals surface area (Å²) < 4.78 is 2.11. The fourth-order valence-corrected chi connectivity index (χ4v) is 2.77. The minimum Gasteiger partial charge on any atom is -0.395 e. The Balaban J connectivity index is 4.12. The molecule has 0 bridgehead atoms. The van der Waals surface area contributed by atoms with Gasteiger partial charge in [0.25, 0.3) is 0 Å². The summed E-state index contributed by atoms with van der Waals surface area (Å²) >= 11 is 8.14. The van der Waals surface area contributed by atoms with Gasteiger partial charge < -0.3 is 10.2 Å². The van der Waals surface area contributed by atoms with Gasteiger partial charge in [-0.15, -0.1) is 11.6 Å². The van der Waals surface area contributed by atoms with Gasteiger partial charge in [0.1, 0.15) is 0 Å². The molecule has 104 valence electrons. The molecule has 0 amide bonds. The molecule has 0 aromatic carbocycles. The predicted octanol–water partition coefficient (Wildman–Crippen LogP) is 1.68. The number of alkyl halides is 1. The average molecular weight is 379 g/mol. The van der Waals surface area contributed by atoms with Gasteiger partial charge >= 0.3 is 0 Å². The second-order valence-corrected chi connectivity index (χ2v) is 5.52. The number of nitrogens with zero attached hydrogens (tertiary/aromatic N) is 2. The van der Waals surface area contributed by atoms with Gasteiger partial charge in [-0.05, 0) is 12.8 Å². The van der Waals surface area contributed by atoms with Crippen molar-refractivity contribution in [2.24, 2.45) is 0 Å². The third-order valence-electron chi connectivity index (χ3n) is 3.03. The van der Waals surface area contributed by atoms with Gasteiger partial charge in [0, 0.05) is 48.0 Å². The molecule has 0 spiro atoms. The number of halogens is 2. The second kappa shape index (κ2) is 10.8. The third kappa shape index (κ3) is 6.54. The molecule has 0 aliphatic rings. The summed E-state index contributed by atoms with van der Waals surface area (Å²) in [5, 5.41) is 18.4. The van der Waals surface area contributed by atoms with E-state index in [1.165, 1.54) is 0 Å². The lowest BCUT2D eigenvalue weighted by atomic mass is 10.2. The summed E-state index contributed by atoms with van der Waals surface area (Å²) in [6, 6.07) is 0.757. The van der Waals surface area contributed by atoms with Crippen LogP contribution in [-0.4, -0.2) is 62.6 Å². The van der Waals surface area contributed by atoms with Gasteiger partial charge in [0.2, 0.25) is 0 Å². The lowest BCUT2D eigenvalue weighted by molar-refractivity contribution is 0.125. The number of hydrogen-bond donors (Lipinski definition) is 2. The van der Waals surface area contributed by atoms with Crippen molar-refractivity contribution >= 4 is 34.5 Å². The first-order valence-electron chi connectivity index (χ1n) is 6.08. The van der Waals surface area contributed by atoms with Gasteiger partial charge in [0.15, 0.2) is 0 Å². The highest BCUT2D eigenvalue weighted by atomic mass is 127. The molecule has 0 radical (unpaired) electrons. The van der Waals surface area contributed by atoms with Crippen molar-refractivity contribution in [3.63, 3.8) is 0 Å². The molecule has 6 heteroatoms. The first-order valence-corrected chi connectivity index (χ1v) is 7.58. The van der Waals surface area contributed by atoms with Crippen LogP contribution in [0.3, 0.4) is 0 Å². The number of rotatable bonds is 10. The van der Waals surface area contributed by atoms with Gasteiger partial charge in [-0.3, -0.25) is 4.90 Å². The van der Waals surface area contributed by atoms with E-state index >= 15 is 0 Å². The number of aliphatic hydroxyl groups excluding tert-OH is 2. The van der Waals surface area contributed by atoms with Crippen LogP contribution >= 0.6 is 34.5 Å². The molecule has 0 saturated heterocycles. The summed E-state index contributed by atoms with van der Waals surface area (Å²) in [4.78, 5) is 2.07. The van der Waals surface area contributed by atoms with Crippen molar-refractivity contribution in [1.29, 1.82) is 0 Å². The van der Waals surface area contributed by atoms with Gasteiger partial charge in [0.05, 0.1) is 19.2 Å². The molecule has 0 aromatic heterocycles. The zero-order valence-electron chi connectivity index (χ0n) is 10.6. The van der Waals surface area contributed by atoms with Crippen LogP contribution in [0, 0.1) is 0 Å². The maximum absolute atomic E-state index is 9.24. The fraction of sp³-hybridized carbons (Fsp3) is 1.00. The zero-order valence-corrected chi connectivity index (χ0v) is 13.6. The Kier molecular flexibility index (Phi) is 11.3. The van der Waals surface area contributed by atoms with Crippen molar-refractivity contribution in [2.75, 3.05) is 32.3 Å². The summed E-state index contributed by atoms with van der Waals surface area (Å²) in [5.74, 6) is 0. The van der Waals surface area contributed by atoms with Crippen LogP contribution in [0.15, 0.2) is 0 Å². The van der Waals surface area contributed by atoms with Gasteiger partial charge in [-0.1, -0.05) is 13.8 Å². The largest absolute Gasteiger partial charge is 0.395 e. The van der Waals surface area contributed by atoms with E-state index in [0.717, 1.165) is 25.9 Å². The molecule has 4 nitrogen and oxygen atoms in total. The minimum atomic E-state index is 0.131. The molecule has 2 unspecified atom stereocenters. The van der Waals surface area contributed by atoms with Crippen LogP contribution in [0.2, 0.25) is 0 Å². The summed E-state index contributed by atoms with van der Waals surface area (Å²) in [7, 11) is 0. The van der Waals surface area contributed by atoms with Crippen LogP contribution < -0.4 is 0 Å². The van der Waals surface area contributed by atoms with E-state index in [4.69, 9.17) is 11.6 Å². The molecule has 0 aliphatic carbocycles. The Hall–Kier alpha value is 0.860. The number of hydrogen-bond acceptors (Lipinski definition) is 4. The first-order chi connectivity index (χ1) is 8.14. The normalized spacial score (nSPS) is 15.5. The topological polar surface area (TPSA) is 46.9 Å². The SMILES string of the molecule is CCC(CO)N(I)CCN(CCl)C(CC)CO. The standard InChI is InChI=1S/C11H24ClIN2O2/c1-3-10(7-16)14(9-12)5-6-15(13)11(4-2)8-17/h10-11,16-17H,3-9H2,1-2H3. The minimum absolute atomic E-state index is 0.131. The van der Waals surface area contributed by atoms with Crippen LogP contribution in [0.25, 0.3) is 0 Å². The van der Waals surface area contributed by atoms with E-state index in [1.54, 1.807) is 0 Å². The van der Waals surface area contributed by atoms with Crippen LogP contribution in [0.5, 0.6) is 0 Å². The Morgan fingerprint density at radius 1 is 1.06 bits per heavy atom. The highest BCUT2D eigenvalue weighted by molar-refractivity contribution is 14.1. The van der Waals surface area contributed by atoms with Gasteiger partial charge in [-0.2, -0.15) is 0 Å². The van der Waals surface area contributed by atoms with E-state index in [-0.39, 0.29) is 25.3 Å². The summed E-state index contributed by atoms with van der Waals surface area (Å²) in [6.07, 6.45) is 1.82. The molecule has 2 N–H and O–H groups in total. The van der Waals surface area contributed by atoms with E-state index in [0.29, 0.717) is 6.00 Å². The average Bonchev–Trinajstić information content (AvgIpc) is 2.35. The van der Waals surface area contributed by atoms with E-state index in [9.17, 15) is 10.2 Å². The summed E-state index contributed by atoms with van der Waals surface area (Å²) in [5.41, 5.74) is 0. The zero-order chi connectivity index (χ0) is 13.3. The van der Waals surface area contributed by atoms with Crippen LogP contribution in [-0.2, 0) is 0 Å². The van der Waals surface area contributed by atoms with E-state index in [1.807, 2.05) is 6.92 Å². The maximum atomic E-state index is 9.24. The van der Waals surface area contributed by atoms with Crippen LogP contribution in [0.4, 0.5) is 0 Å². The Morgan fingerprint density at radius 3 is 1.94 bits per heavy atom. The smallest absolute Gasteiger partial charge is 0.0742 e. The molecule has 2 atom stereocenters. The van der Waals surface area contributed by atoms with Crippen LogP contribution in [0.1, 0.15) is 26.7 Å². The molecule has 0 aliphatic heterocycles. The van der Waals surface area contributed by atoms with Crippen molar-refractivity contribution in [3.05, 3.63) is 0 Å². The lowest BCUT2D eigenvalue weighted by Gasteiger charge is -2.30. The molecule has 0 rings (SSSR count). The summed E-state index contributed by atoms with van der Waals surface area (Å²) in [6.45, 7) is 6.07. The fourth-order valence-electron chi connectivity index (χ4n) is 1.67. The van der Waals surface area contributed by atoms with Crippen molar-refractivity contribution < 1.29 is 10.2 Å². The molecule has 0 saturated carbocycles. The Morgan fingerprint density at radius 2 is 1.59 bits per heavy atom. The maximum Gasteiger partial charge on any atom is 0.0742 e. The van der Waals surface area contributed by atoms with E-state index in [2.05, 4.69) is 37.8 Å². The van der Waals surface area contributed by atoms with Gasteiger partial charge in [-0.25, -0.2) is 3.11 Å². The Labute approximate surface area is 123 Å². The predicted molar refractivity (Wildman–Crippen MR) is 80.5 cm³/mol. The third-order valence-corrected chi connectivity index (χ3v) is 4.61. The van der Waals surface area contributed by atoms with Crippen molar-refractivity contribution in [2.45, 2.75) is 38.8 Å². The molecule has 0 aromatic rings. The van der Waals surface area contributed by atoms with E-state index < -0.39 is 0 Å². The quantitative estimate of drug-likeness (QED) is 0.263. The molecular weight excluding hydrogens is 354 g/mol. The second-order valence-electron chi connectivity index (χ2n) is 4.04. The molecular formula is C11H24ClIN2O2. The lowest BCUT2D eigenvalue weighted by Crippen LogP contribution is -2.42. The van der Waals surface area contributed by atoms with Crippen molar-refractivity contribution in [1.82, 2.24) is 8.01 Å². The first kappa shape index (κ1) is 17.9. The molecule has 0 heterocycles. The Bertz CT molecular complexity index is 181. The highest BCUT2D eigenvalue weighted by Crippen LogP contribution is 2.12. The monoisotopic (exact) mass is 378 g/mol. The molecule has 0 fully saturated rings. The van der Waals surface area contributed by atoms with Crippen molar-refractivity contribution in [3.8, 4) is 0 Å². The number of aliphatic hydroxyl groups is 2. The highest BCUT2D eigenvalue weighted by Gasteiger charge is 2.18. The molecule has 17 heavy (non-hydrogen) atoms.